The lowest BCUT2D eigenvalue weighted by Gasteiger charge is -2.07. The molecule has 0 aromatic rings. The molecule has 0 fully saturated rings. The Hall–Kier alpha value is -0.310. The summed E-state index contributed by atoms with van der Waals surface area (Å²) in [6.07, 6.45) is 3.93. The number of aliphatic carboxylic acids is 1. The average Bonchev–Trinajstić information content (AvgIpc) is 1.97. The molecule has 0 aliphatic carbocycles. The van der Waals surface area contributed by atoms with Gasteiger partial charge in [0, 0.05) is 5.33 Å². The van der Waals surface area contributed by atoms with E-state index in [-0.39, 0.29) is 5.92 Å². The van der Waals surface area contributed by atoms with Crippen LogP contribution in [0.15, 0.2) is 12.7 Å². The summed E-state index contributed by atoms with van der Waals surface area (Å²) in [5.41, 5.74) is 0. The minimum Gasteiger partial charge on any atom is -0.481 e. The zero-order chi connectivity index (χ0) is 8.69. The highest BCUT2D eigenvalue weighted by atomic mass is 79.9. The van der Waals surface area contributed by atoms with E-state index in [9.17, 15) is 4.79 Å². The van der Waals surface area contributed by atoms with Crippen molar-refractivity contribution in [2.45, 2.75) is 19.3 Å². The second-order valence-electron chi connectivity index (χ2n) is 2.38. The Balaban J connectivity index is 3.68. The van der Waals surface area contributed by atoms with Crippen molar-refractivity contribution < 1.29 is 9.90 Å². The summed E-state index contributed by atoms with van der Waals surface area (Å²) in [6, 6.07) is 0. The van der Waals surface area contributed by atoms with E-state index in [0.717, 1.165) is 11.8 Å². The Labute approximate surface area is 75.4 Å². The summed E-state index contributed by atoms with van der Waals surface area (Å²) in [5, 5.41) is 9.43. The predicted octanol–water partition coefficient (Wildman–Crippen LogP) is 2.44. The molecule has 11 heavy (non-hydrogen) atoms. The van der Waals surface area contributed by atoms with Crippen molar-refractivity contribution in [2.75, 3.05) is 5.33 Å². The van der Waals surface area contributed by atoms with E-state index in [4.69, 9.17) is 5.11 Å². The molecule has 3 heteroatoms. The fourth-order valence-electron chi connectivity index (χ4n) is 0.842. The van der Waals surface area contributed by atoms with Crippen molar-refractivity contribution in [3.05, 3.63) is 12.7 Å². The second kappa shape index (κ2) is 6.40. The maximum absolute atomic E-state index is 10.5. The monoisotopic (exact) mass is 220 g/mol. The first kappa shape index (κ1) is 10.7. The summed E-state index contributed by atoms with van der Waals surface area (Å²) < 4.78 is 0. The topological polar surface area (TPSA) is 37.3 Å². The van der Waals surface area contributed by atoms with Crippen LogP contribution in [0.3, 0.4) is 0 Å². The van der Waals surface area contributed by atoms with Crippen LogP contribution in [-0.2, 0) is 4.79 Å². The van der Waals surface area contributed by atoms with Crippen molar-refractivity contribution in [3.8, 4) is 0 Å². The van der Waals surface area contributed by atoms with E-state index in [0.29, 0.717) is 12.8 Å². The number of halogens is 1. The van der Waals surface area contributed by atoms with Crippen molar-refractivity contribution in [1.82, 2.24) is 0 Å². The van der Waals surface area contributed by atoms with Gasteiger partial charge in [0.2, 0.25) is 0 Å². The van der Waals surface area contributed by atoms with Gasteiger partial charge >= 0.3 is 5.97 Å². The van der Waals surface area contributed by atoms with Crippen LogP contribution in [0.4, 0.5) is 0 Å². The van der Waals surface area contributed by atoms with Gasteiger partial charge in [-0.3, -0.25) is 4.79 Å². The molecule has 0 aromatic carbocycles. The number of carbonyl (C=O) groups is 1. The van der Waals surface area contributed by atoms with Crippen LogP contribution < -0.4 is 0 Å². The van der Waals surface area contributed by atoms with Gasteiger partial charge in [-0.1, -0.05) is 22.0 Å². The molecule has 2 nitrogen and oxygen atoms in total. The number of carboxylic acids is 1. The zero-order valence-corrected chi connectivity index (χ0v) is 8.01. The lowest BCUT2D eigenvalue weighted by molar-refractivity contribution is -0.141. The molecule has 0 radical (unpaired) electrons. The Kier molecular flexibility index (Phi) is 6.22. The number of alkyl halides is 1. The number of hydrogen-bond donors (Lipinski definition) is 1. The molecule has 0 aliphatic rings. The van der Waals surface area contributed by atoms with Crippen molar-refractivity contribution >= 4 is 21.9 Å². The Morgan fingerprint density at radius 1 is 1.64 bits per heavy atom. The molecule has 0 bridgehead atoms. The minimum absolute atomic E-state index is 0.215. The summed E-state index contributed by atoms with van der Waals surface area (Å²) in [7, 11) is 0. The van der Waals surface area contributed by atoms with Crippen LogP contribution in [0.2, 0.25) is 0 Å². The summed E-state index contributed by atoms with van der Waals surface area (Å²) >= 11 is 3.22. The highest BCUT2D eigenvalue weighted by Crippen LogP contribution is 2.12. The van der Waals surface area contributed by atoms with E-state index < -0.39 is 5.97 Å². The average molecular weight is 221 g/mol. The SMILES string of the molecule is C=CCCC(CCBr)C(=O)O. The molecular weight excluding hydrogens is 208 g/mol. The largest absolute Gasteiger partial charge is 0.481 e. The maximum atomic E-state index is 10.5. The third-order valence-electron chi connectivity index (χ3n) is 1.53. The molecule has 0 rings (SSSR count). The molecule has 0 heterocycles. The summed E-state index contributed by atoms with van der Waals surface area (Å²) in [5.74, 6) is -0.918. The Morgan fingerprint density at radius 2 is 2.27 bits per heavy atom. The molecule has 1 unspecified atom stereocenters. The van der Waals surface area contributed by atoms with Gasteiger partial charge in [-0.2, -0.15) is 0 Å². The fourth-order valence-corrected chi connectivity index (χ4v) is 1.39. The van der Waals surface area contributed by atoms with Crippen LogP contribution in [0.25, 0.3) is 0 Å². The van der Waals surface area contributed by atoms with Crippen LogP contribution in [0.1, 0.15) is 19.3 Å². The van der Waals surface area contributed by atoms with Gasteiger partial charge in [-0.15, -0.1) is 6.58 Å². The molecular formula is C8H13BrO2. The number of carboxylic acid groups (broad SMARTS) is 1. The van der Waals surface area contributed by atoms with E-state index in [1.54, 1.807) is 6.08 Å². The van der Waals surface area contributed by atoms with Gasteiger partial charge in [0.25, 0.3) is 0 Å². The van der Waals surface area contributed by atoms with Gasteiger partial charge in [0.1, 0.15) is 0 Å². The van der Waals surface area contributed by atoms with Crippen LogP contribution in [0, 0.1) is 5.92 Å². The maximum Gasteiger partial charge on any atom is 0.306 e. The van der Waals surface area contributed by atoms with Crippen molar-refractivity contribution in [2.24, 2.45) is 5.92 Å². The fraction of sp³-hybridized carbons (Fsp3) is 0.625. The molecule has 0 aromatic heterocycles. The first-order chi connectivity index (χ1) is 5.22. The minimum atomic E-state index is -0.702. The van der Waals surface area contributed by atoms with Gasteiger partial charge in [-0.25, -0.2) is 0 Å². The molecule has 0 aliphatic heterocycles. The first-order valence-corrected chi connectivity index (χ1v) is 4.74. The van der Waals surface area contributed by atoms with Crippen LogP contribution in [0.5, 0.6) is 0 Å². The highest BCUT2D eigenvalue weighted by Gasteiger charge is 2.14. The third kappa shape index (κ3) is 5.01. The van der Waals surface area contributed by atoms with Gasteiger partial charge in [-0.05, 0) is 19.3 Å². The van der Waals surface area contributed by atoms with Crippen LogP contribution >= 0.6 is 15.9 Å². The zero-order valence-electron chi connectivity index (χ0n) is 6.42. The van der Waals surface area contributed by atoms with Crippen LogP contribution in [-0.4, -0.2) is 16.4 Å². The normalized spacial score (nSPS) is 12.5. The molecule has 0 spiro atoms. The third-order valence-corrected chi connectivity index (χ3v) is 1.98. The summed E-state index contributed by atoms with van der Waals surface area (Å²) in [4.78, 5) is 10.5. The molecule has 1 N–H and O–H groups in total. The molecule has 0 saturated heterocycles. The van der Waals surface area contributed by atoms with Gasteiger partial charge in [0.15, 0.2) is 0 Å². The molecule has 0 saturated carbocycles. The van der Waals surface area contributed by atoms with E-state index >= 15 is 0 Å². The van der Waals surface area contributed by atoms with Crippen molar-refractivity contribution in [3.63, 3.8) is 0 Å². The number of hydrogen-bond acceptors (Lipinski definition) is 1. The van der Waals surface area contributed by atoms with Gasteiger partial charge in [0.05, 0.1) is 5.92 Å². The Bertz CT molecular complexity index is 134. The number of allylic oxidation sites excluding steroid dienone is 1. The molecule has 0 amide bonds. The van der Waals surface area contributed by atoms with E-state index in [1.807, 2.05) is 0 Å². The standard InChI is InChI=1S/C8H13BrO2/c1-2-3-4-7(5-6-9)8(10)11/h2,7H,1,3-6H2,(H,10,11). The second-order valence-corrected chi connectivity index (χ2v) is 3.17. The lowest BCUT2D eigenvalue weighted by atomic mass is 10.0. The summed E-state index contributed by atoms with van der Waals surface area (Å²) in [6.45, 7) is 3.55. The smallest absolute Gasteiger partial charge is 0.306 e. The Morgan fingerprint density at radius 3 is 2.64 bits per heavy atom. The van der Waals surface area contributed by atoms with Crippen molar-refractivity contribution in [1.29, 1.82) is 0 Å². The highest BCUT2D eigenvalue weighted by molar-refractivity contribution is 9.09. The van der Waals surface area contributed by atoms with Gasteiger partial charge < -0.3 is 5.11 Å². The quantitative estimate of drug-likeness (QED) is 0.552. The van der Waals surface area contributed by atoms with E-state index in [1.165, 1.54) is 0 Å². The van der Waals surface area contributed by atoms with E-state index in [2.05, 4.69) is 22.5 Å². The molecule has 1 atom stereocenters. The first-order valence-electron chi connectivity index (χ1n) is 3.62. The number of rotatable bonds is 6. The predicted molar refractivity (Wildman–Crippen MR) is 49.0 cm³/mol. The lowest BCUT2D eigenvalue weighted by Crippen LogP contribution is -2.13. The molecule has 64 valence electrons.